The normalized spacial score (nSPS) is 9.73. The molecule has 0 aromatic carbocycles. The van der Waals surface area contributed by atoms with Crippen LogP contribution >= 0.6 is 23.2 Å². The third-order valence-corrected chi connectivity index (χ3v) is 1.94. The Kier molecular flexibility index (Phi) is 2.63. The minimum Gasteiger partial charge on any atom is -0.481 e. The number of aromatic nitrogens is 1. The number of methoxy groups -OCH3 is 1. The number of rotatable bonds is 1. The molecule has 1 aromatic heterocycles. The van der Waals surface area contributed by atoms with Crippen molar-refractivity contribution in [3.05, 3.63) is 16.2 Å². The molecule has 0 aliphatic rings. The highest BCUT2D eigenvalue weighted by Gasteiger charge is 2.04. The van der Waals surface area contributed by atoms with Crippen molar-refractivity contribution >= 4 is 36.5 Å². The zero-order valence-electron chi connectivity index (χ0n) is 6.19. The van der Waals surface area contributed by atoms with Gasteiger partial charge in [0.15, 0.2) is 5.15 Å². The van der Waals surface area contributed by atoms with Crippen molar-refractivity contribution in [2.45, 2.75) is 0 Å². The van der Waals surface area contributed by atoms with Crippen molar-refractivity contribution in [1.29, 1.82) is 0 Å². The molecule has 2 nitrogen and oxygen atoms in total. The SMILES string of the molecule is Bc1cc(Cl)c(Cl)nc1OC. The maximum absolute atomic E-state index is 5.69. The first kappa shape index (κ1) is 8.69. The number of hydrogen-bond donors (Lipinski definition) is 0. The Balaban J connectivity index is 3.21. The summed E-state index contributed by atoms with van der Waals surface area (Å²) >= 11 is 11.3. The zero-order valence-corrected chi connectivity index (χ0v) is 7.70. The second-order valence-electron chi connectivity index (χ2n) is 2.09. The van der Waals surface area contributed by atoms with E-state index in [2.05, 4.69) is 4.98 Å². The van der Waals surface area contributed by atoms with Gasteiger partial charge >= 0.3 is 0 Å². The topological polar surface area (TPSA) is 22.1 Å². The van der Waals surface area contributed by atoms with Crippen molar-refractivity contribution in [2.75, 3.05) is 7.11 Å². The summed E-state index contributed by atoms with van der Waals surface area (Å²) in [5.74, 6) is 0.513. The van der Waals surface area contributed by atoms with E-state index in [1.165, 1.54) is 0 Å². The summed E-state index contributed by atoms with van der Waals surface area (Å²) in [5.41, 5.74) is 0.877. The Morgan fingerprint density at radius 2 is 2.18 bits per heavy atom. The van der Waals surface area contributed by atoms with E-state index in [0.717, 1.165) is 5.46 Å². The second-order valence-corrected chi connectivity index (χ2v) is 2.85. The Labute approximate surface area is 75.9 Å². The molecule has 1 heterocycles. The third kappa shape index (κ3) is 1.79. The average Bonchev–Trinajstić information content (AvgIpc) is 1.97. The number of ether oxygens (including phenoxy) is 1. The lowest BCUT2D eigenvalue weighted by Gasteiger charge is -2.03. The molecule has 5 heteroatoms. The largest absolute Gasteiger partial charge is 0.481 e. The van der Waals surface area contributed by atoms with Crippen LogP contribution in [0.15, 0.2) is 6.07 Å². The molecular formula is C6H6BCl2NO. The molecule has 0 saturated heterocycles. The first-order valence-electron chi connectivity index (χ1n) is 3.01. The molecule has 0 bridgehead atoms. The van der Waals surface area contributed by atoms with Crippen LogP contribution in [0.5, 0.6) is 5.88 Å². The molecule has 0 spiro atoms. The van der Waals surface area contributed by atoms with Gasteiger partial charge in [0.2, 0.25) is 5.88 Å². The van der Waals surface area contributed by atoms with Gasteiger partial charge in [0.05, 0.1) is 12.1 Å². The summed E-state index contributed by atoms with van der Waals surface area (Å²) in [6.07, 6.45) is 0. The number of pyridine rings is 1. The Morgan fingerprint density at radius 3 is 2.73 bits per heavy atom. The number of nitrogens with zero attached hydrogens (tertiary/aromatic N) is 1. The highest BCUT2D eigenvalue weighted by atomic mass is 35.5. The van der Waals surface area contributed by atoms with Gasteiger partial charge in [-0.05, 0) is 11.5 Å². The maximum Gasteiger partial charge on any atom is 0.207 e. The van der Waals surface area contributed by atoms with Crippen LogP contribution in [0.4, 0.5) is 0 Å². The van der Waals surface area contributed by atoms with Gasteiger partial charge in [-0.15, -0.1) is 0 Å². The molecule has 0 fully saturated rings. The molecular weight excluding hydrogens is 184 g/mol. The van der Waals surface area contributed by atoms with Crippen LogP contribution in [-0.4, -0.2) is 19.9 Å². The van der Waals surface area contributed by atoms with Crippen LogP contribution in [-0.2, 0) is 0 Å². The standard InChI is InChI=1S/C6H6BCl2NO/c1-11-6-3(7)2-4(8)5(9)10-6/h2H,7H2,1H3. The third-order valence-electron chi connectivity index (χ3n) is 1.27. The van der Waals surface area contributed by atoms with E-state index in [-0.39, 0.29) is 5.15 Å². The fourth-order valence-corrected chi connectivity index (χ4v) is 1.09. The van der Waals surface area contributed by atoms with Crippen LogP contribution < -0.4 is 10.2 Å². The van der Waals surface area contributed by atoms with E-state index >= 15 is 0 Å². The lowest BCUT2D eigenvalue weighted by molar-refractivity contribution is 0.401. The van der Waals surface area contributed by atoms with Gasteiger partial charge in [0.25, 0.3) is 0 Å². The lowest BCUT2D eigenvalue weighted by atomic mass is 9.98. The fourth-order valence-electron chi connectivity index (χ4n) is 0.749. The van der Waals surface area contributed by atoms with Crippen molar-refractivity contribution in [3.8, 4) is 5.88 Å². The Bertz CT molecular complexity index is 280. The van der Waals surface area contributed by atoms with E-state index in [1.54, 1.807) is 13.2 Å². The summed E-state index contributed by atoms with van der Waals surface area (Å²) in [4.78, 5) is 3.90. The van der Waals surface area contributed by atoms with Crippen molar-refractivity contribution < 1.29 is 4.74 Å². The first-order valence-corrected chi connectivity index (χ1v) is 3.77. The molecule has 0 N–H and O–H groups in total. The van der Waals surface area contributed by atoms with E-state index in [1.807, 2.05) is 7.85 Å². The molecule has 0 unspecified atom stereocenters. The predicted octanol–water partition coefficient (Wildman–Crippen LogP) is 0.655. The van der Waals surface area contributed by atoms with E-state index in [0.29, 0.717) is 10.9 Å². The van der Waals surface area contributed by atoms with E-state index < -0.39 is 0 Å². The minimum absolute atomic E-state index is 0.272. The summed E-state index contributed by atoms with van der Waals surface area (Å²) in [5, 5.41) is 0.721. The molecule has 0 aliphatic carbocycles. The fraction of sp³-hybridized carbons (Fsp3) is 0.167. The lowest BCUT2D eigenvalue weighted by Crippen LogP contribution is -2.09. The molecule has 0 aliphatic heterocycles. The molecule has 58 valence electrons. The monoisotopic (exact) mass is 189 g/mol. The Morgan fingerprint density at radius 1 is 1.55 bits per heavy atom. The molecule has 0 saturated carbocycles. The van der Waals surface area contributed by atoms with Gasteiger partial charge in [-0.25, -0.2) is 4.98 Å². The van der Waals surface area contributed by atoms with E-state index in [9.17, 15) is 0 Å². The molecule has 1 rings (SSSR count). The average molecular weight is 190 g/mol. The summed E-state index contributed by atoms with van der Waals surface area (Å²) in [7, 11) is 3.40. The predicted molar refractivity (Wildman–Crippen MR) is 49.0 cm³/mol. The van der Waals surface area contributed by atoms with Crippen LogP contribution in [0.2, 0.25) is 10.2 Å². The van der Waals surface area contributed by atoms with Gasteiger partial charge in [-0.1, -0.05) is 23.2 Å². The minimum atomic E-state index is 0.272. The summed E-state index contributed by atoms with van der Waals surface area (Å²) in [6, 6.07) is 1.72. The molecule has 11 heavy (non-hydrogen) atoms. The second kappa shape index (κ2) is 3.33. The van der Waals surface area contributed by atoms with Gasteiger partial charge < -0.3 is 4.74 Å². The number of hydrogen-bond acceptors (Lipinski definition) is 2. The molecule has 1 aromatic rings. The van der Waals surface area contributed by atoms with Gasteiger partial charge in [-0.2, -0.15) is 0 Å². The molecule has 0 atom stereocenters. The number of halogens is 2. The van der Waals surface area contributed by atoms with Gasteiger partial charge in [-0.3, -0.25) is 0 Å². The quantitative estimate of drug-likeness (QED) is 0.479. The van der Waals surface area contributed by atoms with Crippen LogP contribution in [0.3, 0.4) is 0 Å². The highest BCUT2D eigenvalue weighted by Crippen LogP contribution is 2.19. The van der Waals surface area contributed by atoms with Crippen LogP contribution in [0.1, 0.15) is 0 Å². The Hall–Kier alpha value is -0.405. The highest BCUT2D eigenvalue weighted by molar-refractivity contribution is 6.43. The van der Waals surface area contributed by atoms with Crippen molar-refractivity contribution in [3.63, 3.8) is 0 Å². The van der Waals surface area contributed by atoms with Crippen molar-refractivity contribution in [1.82, 2.24) is 4.98 Å². The van der Waals surface area contributed by atoms with Crippen LogP contribution in [0.25, 0.3) is 0 Å². The van der Waals surface area contributed by atoms with Crippen molar-refractivity contribution in [2.24, 2.45) is 0 Å². The summed E-state index contributed by atoms with van der Waals surface area (Å²) in [6.45, 7) is 0. The zero-order chi connectivity index (χ0) is 8.43. The first-order chi connectivity index (χ1) is 5.15. The maximum atomic E-state index is 5.69. The van der Waals surface area contributed by atoms with Gasteiger partial charge in [0, 0.05) is 0 Å². The van der Waals surface area contributed by atoms with Gasteiger partial charge in [0.1, 0.15) is 7.85 Å². The molecule has 0 radical (unpaired) electrons. The smallest absolute Gasteiger partial charge is 0.207 e. The molecule has 0 amide bonds. The van der Waals surface area contributed by atoms with Crippen LogP contribution in [0, 0.1) is 0 Å². The van der Waals surface area contributed by atoms with E-state index in [4.69, 9.17) is 27.9 Å². The summed E-state index contributed by atoms with van der Waals surface area (Å²) < 4.78 is 4.93.